The van der Waals surface area contributed by atoms with Gasteiger partial charge in [-0.2, -0.15) is 4.31 Å². The van der Waals surface area contributed by atoms with Crippen molar-refractivity contribution in [2.45, 2.75) is 64.5 Å². The first-order valence-electron chi connectivity index (χ1n) is 12.8. The molecule has 0 fully saturated rings. The van der Waals surface area contributed by atoms with E-state index in [0.717, 1.165) is 11.1 Å². The van der Waals surface area contributed by atoms with E-state index in [1.165, 1.54) is 10.4 Å². The normalized spacial score (nSPS) is 13.3. The zero-order valence-electron chi connectivity index (χ0n) is 22.7. The van der Waals surface area contributed by atoms with Crippen LogP contribution in [0, 0.1) is 27.7 Å². The molecule has 0 aliphatic rings. The molecular formula is C30H38N2O5S. The number of aliphatic hydroxyl groups excluding tert-OH is 1. The van der Waals surface area contributed by atoms with E-state index < -0.39 is 28.1 Å². The zero-order valence-corrected chi connectivity index (χ0v) is 23.5. The summed E-state index contributed by atoms with van der Waals surface area (Å²) in [5, 5.41) is 24.2. The van der Waals surface area contributed by atoms with Gasteiger partial charge < -0.3 is 15.5 Å². The highest BCUT2D eigenvalue weighted by molar-refractivity contribution is 7.89. The van der Waals surface area contributed by atoms with Crippen LogP contribution in [0.1, 0.15) is 51.5 Å². The number of benzene rings is 3. The van der Waals surface area contributed by atoms with Gasteiger partial charge in [0.05, 0.1) is 17.0 Å². The number of phenolic OH excluding ortho intramolecular Hbond substituents is 1. The lowest BCUT2D eigenvalue weighted by atomic mass is 9.98. The number of carbonyl (C=O) groups excluding carboxylic acids is 1. The first kappa shape index (κ1) is 29.4. The Morgan fingerprint density at radius 2 is 1.61 bits per heavy atom. The number of hydrogen-bond donors (Lipinski definition) is 3. The number of sulfonamides is 1. The zero-order chi connectivity index (χ0) is 28.0. The molecule has 1 amide bonds. The molecule has 0 bridgehead atoms. The molecule has 3 aromatic carbocycles. The highest BCUT2D eigenvalue weighted by Gasteiger charge is 2.29. The van der Waals surface area contributed by atoms with Crippen LogP contribution in [0.25, 0.3) is 0 Å². The summed E-state index contributed by atoms with van der Waals surface area (Å²) in [6, 6.07) is 17.3. The van der Waals surface area contributed by atoms with Gasteiger partial charge in [-0.25, -0.2) is 8.42 Å². The number of nitrogens with zero attached hydrogens (tertiary/aromatic N) is 1. The van der Waals surface area contributed by atoms with Gasteiger partial charge in [0.2, 0.25) is 10.0 Å². The maximum absolute atomic E-state index is 13.6. The largest absolute Gasteiger partial charge is 0.508 e. The Morgan fingerprint density at radius 3 is 2.21 bits per heavy atom. The van der Waals surface area contributed by atoms with E-state index in [2.05, 4.69) is 5.32 Å². The molecule has 2 atom stereocenters. The Hall–Kier alpha value is -3.20. The molecular weight excluding hydrogens is 500 g/mol. The van der Waals surface area contributed by atoms with Crippen molar-refractivity contribution in [1.29, 1.82) is 0 Å². The summed E-state index contributed by atoms with van der Waals surface area (Å²) in [5.41, 5.74) is 4.08. The molecule has 3 N–H and O–H groups in total. The monoisotopic (exact) mass is 538 g/mol. The molecule has 204 valence electrons. The average Bonchev–Trinajstić information content (AvgIpc) is 2.85. The van der Waals surface area contributed by atoms with Gasteiger partial charge in [-0.05, 0) is 69.4 Å². The Morgan fingerprint density at radius 1 is 0.974 bits per heavy atom. The summed E-state index contributed by atoms with van der Waals surface area (Å²) < 4.78 is 28.5. The average molecular weight is 539 g/mol. The van der Waals surface area contributed by atoms with E-state index in [4.69, 9.17) is 0 Å². The van der Waals surface area contributed by atoms with Gasteiger partial charge in [-0.15, -0.1) is 0 Å². The molecule has 0 saturated heterocycles. The molecule has 0 spiro atoms. The fourth-order valence-electron chi connectivity index (χ4n) is 4.90. The second-order valence-corrected chi connectivity index (χ2v) is 11.7. The Kier molecular flexibility index (Phi) is 9.71. The summed E-state index contributed by atoms with van der Waals surface area (Å²) in [4.78, 5) is 13.4. The Labute approximate surface area is 226 Å². The Balaban J connectivity index is 1.82. The van der Waals surface area contributed by atoms with E-state index in [9.17, 15) is 23.4 Å². The maximum atomic E-state index is 13.6. The van der Waals surface area contributed by atoms with Crippen LogP contribution in [0.2, 0.25) is 0 Å². The van der Waals surface area contributed by atoms with E-state index in [1.54, 1.807) is 39.8 Å². The van der Waals surface area contributed by atoms with Crippen LogP contribution in [0.15, 0.2) is 65.6 Å². The third-order valence-corrected chi connectivity index (χ3v) is 9.14. The van der Waals surface area contributed by atoms with Crippen LogP contribution < -0.4 is 5.32 Å². The second kappa shape index (κ2) is 12.6. The van der Waals surface area contributed by atoms with Gasteiger partial charge in [0.15, 0.2) is 0 Å². The number of aromatic hydroxyl groups is 1. The minimum Gasteiger partial charge on any atom is -0.508 e. The number of hydrogen-bond acceptors (Lipinski definition) is 5. The quantitative estimate of drug-likeness (QED) is 0.335. The maximum Gasteiger partial charge on any atom is 0.252 e. The lowest BCUT2D eigenvalue weighted by molar-refractivity contribution is 0.0800. The summed E-state index contributed by atoms with van der Waals surface area (Å²) in [6.07, 6.45) is -0.518. The highest BCUT2D eigenvalue weighted by Crippen LogP contribution is 2.26. The van der Waals surface area contributed by atoms with Gasteiger partial charge in [0.1, 0.15) is 5.75 Å². The summed E-state index contributed by atoms with van der Waals surface area (Å²) in [7, 11) is -3.78. The minimum absolute atomic E-state index is 0.0169. The highest BCUT2D eigenvalue weighted by atomic mass is 32.2. The molecule has 0 aliphatic heterocycles. The minimum atomic E-state index is -3.78. The molecule has 0 radical (unpaired) electrons. The van der Waals surface area contributed by atoms with Crippen molar-refractivity contribution in [3.05, 3.63) is 94.0 Å². The van der Waals surface area contributed by atoms with Crippen molar-refractivity contribution in [3.8, 4) is 5.75 Å². The van der Waals surface area contributed by atoms with E-state index in [1.807, 2.05) is 49.4 Å². The third kappa shape index (κ3) is 6.81. The van der Waals surface area contributed by atoms with Crippen LogP contribution in [0.3, 0.4) is 0 Å². The van der Waals surface area contributed by atoms with E-state index >= 15 is 0 Å². The van der Waals surface area contributed by atoms with Crippen molar-refractivity contribution < 1.29 is 23.4 Å². The van der Waals surface area contributed by atoms with E-state index in [0.29, 0.717) is 33.6 Å². The number of phenols is 1. The van der Waals surface area contributed by atoms with Crippen molar-refractivity contribution in [2.75, 3.05) is 13.1 Å². The predicted molar refractivity (Wildman–Crippen MR) is 150 cm³/mol. The molecule has 7 nitrogen and oxygen atoms in total. The molecule has 0 saturated carbocycles. The summed E-state index contributed by atoms with van der Waals surface area (Å²) >= 11 is 0. The molecule has 0 aliphatic carbocycles. The fraction of sp³-hybridized carbons (Fsp3) is 0.367. The number of aliphatic hydroxyl groups is 1. The molecule has 0 unspecified atom stereocenters. The van der Waals surface area contributed by atoms with Gasteiger partial charge in [-0.3, -0.25) is 4.79 Å². The van der Waals surface area contributed by atoms with Gasteiger partial charge in [-0.1, -0.05) is 61.0 Å². The summed E-state index contributed by atoms with van der Waals surface area (Å²) in [5.74, 6) is -0.396. The van der Waals surface area contributed by atoms with Gasteiger partial charge in [0, 0.05) is 24.2 Å². The molecule has 8 heteroatoms. The van der Waals surface area contributed by atoms with E-state index in [-0.39, 0.29) is 25.3 Å². The number of carbonyl (C=O) groups is 1. The number of aryl methyl sites for hydroxylation is 3. The number of nitrogens with one attached hydrogen (secondary N) is 1. The van der Waals surface area contributed by atoms with Crippen LogP contribution in [0.4, 0.5) is 0 Å². The van der Waals surface area contributed by atoms with Crippen LogP contribution in [-0.4, -0.2) is 54.1 Å². The number of amides is 1. The van der Waals surface area contributed by atoms with Crippen LogP contribution in [-0.2, 0) is 16.4 Å². The van der Waals surface area contributed by atoms with Crippen molar-refractivity contribution in [2.24, 2.45) is 0 Å². The molecule has 38 heavy (non-hydrogen) atoms. The summed E-state index contributed by atoms with van der Waals surface area (Å²) in [6.45, 7) is 9.31. The lowest BCUT2D eigenvalue weighted by Crippen LogP contribution is -2.46. The molecule has 0 aromatic heterocycles. The first-order chi connectivity index (χ1) is 17.9. The molecule has 0 heterocycles. The second-order valence-electron chi connectivity index (χ2n) is 9.80. The van der Waals surface area contributed by atoms with Gasteiger partial charge in [0.25, 0.3) is 5.91 Å². The van der Waals surface area contributed by atoms with Crippen molar-refractivity contribution >= 4 is 15.9 Å². The molecule has 3 aromatic rings. The van der Waals surface area contributed by atoms with Crippen molar-refractivity contribution in [1.82, 2.24) is 9.62 Å². The van der Waals surface area contributed by atoms with Crippen LogP contribution >= 0.6 is 0 Å². The smallest absolute Gasteiger partial charge is 0.252 e. The topological polar surface area (TPSA) is 107 Å². The Bertz CT molecular complexity index is 1350. The lowest BCUT2D eigenvalue weighted by Gasteiger charge is -2.28. The number of rotatable bonds is 11. The van der Waals surface area contributed by atoms with Crippen molar-refractivity contribution in [3.63, 3.8) is 0 Å². The predicted octanol–water partition coefficient (Wildman–Crippen LogP) is 4.43. The standard InChI is InChI=1S/C30H38N2O5S/c1-6-32(38(36,37)29-21(3)17-20(2)18-22(29)4)16-15-28(34)26(19-24-11-8-7-9-12-24)31-30(35)25-13-10-14-27(33)23(25)5/h7-14,17-18,26,28,33-34H,6,15-16,19H2,1-5H3,(H,31,35)/t26-,28+/m0/s1. The third-order valence-electron chi connectivity index (χ3n) is 6.86. The SMILES string of the molecule is CCN(CC[C@@H](O)[C@H](Cc1ccccc1)NC(=O)c1cccc(O)c1C)S(=O)(=O)c1c(C)cc(C)cc1C. The fourth-order valence-corrected chi connectivity index (χ4v) is 6.77. The first-order valence-corrected chi connectivity index (χ1v) is 14.3. The van der Waals surface area contributed by atoms with Gasteiger partial charge >= 0.3 is 0 Å². The molecule has 3 rings (SSSR count). The van der Waals surface area contributed by atoms with Crippen LogP contribution in [0.5, 0.6) is 5.75 Å².